The predicted molar refractivity (Wildman–Crippen MR) is 58.7 cm³/mol. The van der Waals surface area contributed by atoms with Crippen molar-refractivity contribution in [3.8, 4) is 5.75 Å². The molecule has 0 unspecified atom stereocenters. The van der Waals surface area contributed by atoms with Crippen molar-refractivity contribution in [2.24, 2.45) is 0 Å². The average Bonchev–Trinajstić information content (AvgIpc) is 3.06. The summed E-state index contributed by atoms with van der Waals surface area (Å²) in [6, 6.07) is 3.36. The highest BCUT2D eigenvalue weighted by atomic mass is 19.3. The molecule has 1 fully saturated rings. The Bertz CT molecular complexity index is 534. The first-order chi connectivity index (χ1) is 8.22. The third-order valence-corrected chi connectivity index (χ3v) is 2.82. The molecule has 5 heteroatoms. The first kappa shape index (κ1) is 10.5. The van der Waals surface area contributed by atoms with Gasteiger partial charge in [-0.05, 0) is 18.9 Å². The number of alkyl halides is 2. The molecule has 90 valence electrons. The van der Waals surface area contributed by atoms with E-state index < -0.39 is 13.0 Å². The van der Waals surface area contributed by atoms with E-state index >= 15 is 0 Å². The lowest BCUT2D eigenvalue weighted by Crippen LogP contribution is -2.07. The number of ether oxygens (including phenoxy) is 1. The minimum absolute atomic E-state index is 0.436. The third kappa shape index (κ3) is 2.23. The highest BCUT2D eigenvalue weighted by Crippen LogP contribution is 2.39. The maximum atomic E-state index is 12.0. The molecule has 1 aliphatic carbocycles. The van der Waals surface area contributed by atoms with Gasteiger partial charge in [0.2, 0.25) is 0 Å². The number of nitrogens with zero attached hydrogens (tertiary/aromatic N) is 2. The third-order valence-electron chi connectivity index (χ3n) is 2.82. The molecule has 0 spiro atoms. The molecule has 3 nitrogen and oxygen atoms in total. The predicted octanol–water partition coefficient (Wildman–Crippen LogP) is 2.86. The molecule has 0 aliphatic heterocycles. The van der Waals surface area contributed by atoms with Crippen molar-refractivity contribution in [1.82, 2.24) is 9.38 Å². The summed E-state index contributed by atoms with van der Waals surface area (Å²) in [6.07, 6.45) is 3.71. The molecule has 17 heavy (non-hydrogen) atoms. The van der Waals surface area contributed by atoms with Crippen molar-refractivity contribution in [3.63, 3.8) is 0 Å². The molecule has 0 atom stereocenters. The van der Waals surface area contributed by atoms with E-state index in [-0.39, 0.29) is 0 Å². The maximum Gasteiger partial charge on any atom is 0.272 e. The zero-order valence-electron chi connectivity index (χ0n) is 9.14. The topological polar surface area (TPSA) is 26.5 Å². The van der Waals surface area contributed by atoms with E-state index in [9.17, 15) is 8.78 Å². The van der Waals surface area contributed by atoms with Gasteiger partial charge in [0.15, 0.2) is 0 Å². The number of halogens is 2. The fraction of sp³-hybridized carbons (Fsp3) is 0.417. The normalized spacial score (nSPS) is 15.7. The van der Waals surface area contributed by atoms with Crippen molar-refractivity contribution in [2.45, 2.75) is 25.2 Å². The Hall–Kier alpha value is -1.65. The Labute approximate surface area is 97.0 Å². The van der Waals surface area contributed by atoms with Crippen LogP contribution in [0.1, 0.15) is 24.5 Å². The van der Waals surface area contributed by atoms with E-state index in [1.807, 2.05) is 10.6 Å². The van der Waals surface area contributed by atoms with Gasteiger partial charge < -0.3 is 9.14 Å². The Kier molecular flexibility index (Phi) is 2.46. The molecular formula is C12H12F2N2O. The van der Waals surface area contributed by atoms with E-state index in [1.54, 1.807) is 18.3 Å². The maximum absolute atomic E-state index is 12.0. The fourth-order valence-electron chi connectivity index (χ4n) is 1.81. The SMILES string of the molecule is FC(F)COc1ccn2cc(C3CC3)nc2c1. The standard InChI is InChI=1S/C12H12F2N2O/c13-11(14)7-17-9-3-4-16-6-10(8-1-2-8)15-12(16)5-9/h3-6,8,11H,1-2,7H2. The second-order valence-electron chi connectivity index (χ2n) is 4.27. The van der Waals surface area contributed by atoms with E-state index in [0.29, 0.717) is 11.7 Å². The van der Waals surface area contributed by atoms with Crippen LogP contribution in [-0.4, -0.2) is 22.4 Å². The first-order valence-electron chi connectivity index (χ1n) is 5.62. The Balaban J connectivity index is 1.84. The van der Waals surface area contributed by atoms with E-state index in [2.05, 4.69) is 4.98 Å². The van der Waals surface area contributed by atoms with Crippen LogP contribution in [0.15, 0.2) is 24.5 Å². The zero-order chi connectivity index (χ0) is 11.8. The average molecular weight is 238 g/mol. The zero-order valence-corrected chi connectivity index (χ0v) is 9.14. The van der Waals surface area contributed by atoms with Crippen molar-refractivity contribution in [3.05, 3.63) is 30.2 Å². The second-order valence-corrected chi connectivity index (χ2v) is 4.27. The summed E-state index contributed by atoms with van der Waals surface area (Å²) in [4.78, 5) is 4.46. The summed E-state index contributed by atoms with van der Waals surface area (Å²) in [5, 5.41) is 0. The molecule has 0 saturated heterocycles. The van der Waals surface area contributed by atoms with Gasteiger partial charge in [-0.3, -0.25) is 0 Å². The molecule has 0 aromatic carbocycles. The number of pyridine rings is 1. The largest absolute Gasteiger partial charge is 0.487 e. The molecule has 2 aromatic heterocycles. The highest BCUT2D eigenvalue weighted by Gasteiger charge is 2.26. The van der Waals surface area contributed by atoms with E-state index in [1.165, 1.54) is 12.8 Å². The lowest BCUT2D eigenvalue weighted by Gasteiger charge is -2.04. The lowest BCUT2D eigenvalue weighted by molar-refractivity contribution is 0.0819. The van der Waals surface area contributed by atoms with Crippen LogP contribution in [-0.2, 0) is 0 Å². The van der Waals surface area contributed by atoms with Crippen LogP contribution < -0.4 is 4.74 Å². The summed E-state index contributed by atoms with van der Waals surface area (Å²) < 4.78 is 30.9. The van der Waals surface area contributed by atoms with Gasteiger partial charge >= 0.3 is 0 Å². The summed E-state index contributed by atoms with van der Waals surface area (Å²) >= 11 is 0. The second kappa shape index (κ2) is 3.98. The summed E-state index contributed by atoms with van der Waals surface area (Å²) in [5.41, 5.74) is 1.83. The molecule has 2 heterocycles. The summed E-state index contributed by atoms with van der Waals surface area (Å²) in [7, 11) is 0. The number of fused-ring (bicyclic) bond motifs is 1. The van der Waals surface area contributed by atoms with Crippen LogP contribution in [0.25, 0.3) is 5.65 Å². The van der Waals surface area contributed by atoms with Gasteiger partial charge in [0.25, 0.3) is 6.43 Å². The van der Waals surface area contributed by atoms with E-state index in [4.69, 9.17) is 4.74 Å². The number of imidazole rings is 1. The van der Waals surface area contributed by atoms with Gasteiger partial charge in [-0.15, -0.1) is 0 Å². The number of rotatable bonds is 4. The fourth-order valence-corrected chi connectivity index (χ4v) is 1.81. The molecule has 0 amide bonds. The monoisotopic (exact) mass is 238 g/mol. The Morgan fingerprint density at radius 2 is 2.29 bits per heavy atom. The van der Waals surface area contributed by atoms with Gasteiger partial charge in [0, 0.05) is 24.4 Å². The molecule has 0 N–H and O–H groups in total. The summed E-state index contributed by atoms with van der Waals surface area (Å²) in [6.45, 7) is -0.577. The smallest absolute Gasteiger partial charge is 0.272 e. The molecule has 1 saturated carbocycles. The molecule has 2 aromatic rings. The molecule has 1 aliphatic rings. The van der Waals surface area contributed by atoms with Gasteiger partial charge in [-0.25, -0.2) is 13.8 Å². The van der Waals surface area contributed by atoms with Crippen LogP contribution in [0.2, 0.25) is 0 Å². The number of hydrogen-bond acceptors (Lipinski definition) is 2. The lowest BCUT2D eigenvalue weighted by atomic mass is 10.3. The van der Waals surface area contributed by atoms with Crippen molar-refractivity contribution in [2.75, 3.05) is 6.61 Å². The molecular weight excluding hydrogens is 226 g/mol. The van der Waals surface area contributed by atoms with Crippen LogP contribution in [0, 0.1) is 0 Å². The van der Waals surface area contributed by atoms with Gasteiger partial charge in [0.1, 0.15) is 18.0 Å². The van der Waals surface area contributed by atoms with Crippen molar-refractivity contribution < 1.29 is 13.5 Å². The highest BCUT2D eigenvalue weighted by molar-refractivity contribution is 5.46. The van der Waals surface area contributed by atoms with Crippen molar-refractivity contribution in [1.29, 1.82) is 0 Å². The number of aromatic nitrogens is 2. The van der Waals surface area contributed by atoms with Gasteiger partial charge in [-0.1, -0.05) is 0 Å². The first-order valence-corrected chi connectivity index (χ1v) is 5.62. The minimum Gasteiger partial charge on any atom is -0.487 e. The van der Waals surface area contributed by atoms with Crippen LogP contribution >= 0.6 is 0 Å². The molecule has 0 radical (unpaired) electrons. The van der Waals surface area contributed by atoms with Crippen LogP contribution in [0.5, 0.6) is 5.75 Å². The van der Waals surface area contributed by atoms with Crippen LogP contribution in [0.3, 0.4) is 0 Å². The van der Waals surface area contributed by atoms with Crippen molar-refractivity contribution >= 4 is 5.65 Å². The summed E-state index contributed by atoms with van der Waals surface area (Å²) in [5.74, 6) is 1.02. The number of hydrogen-bond donors (Lipinski definition) is 0. The molecule has 0 bridgehead atoms. The molecule has 3 rings (SSSR count). The van der Waals surface area contributed by atoms with E-state index in [0.717, 1.165) is 11.3 Å². The van der Waals surface area contributed by atoms with Gasteiger partial charge in [0.05, 0.1) is 5.69 Å². The van der Waals surface area contributed by atoms with Gasteiger partial charge in [-0.2, -0.15) is 0 Å². The van der Waals surface area contributed by atoms with Crippen LogP contribution in [0.4, 0.5) is 8.78 Å². The Morgan fingerprint density at radius 3 is 3.00 bits per heavy atom. The Morgan fingerprint density at radius 1 is 1.47 bits per heavy atom. The minimum atomic E-state index is -2.45. The quantitative estimate of drug-likeness (QED) is 0.818.